The highest BCUT2D eigenvalue weighted by atomic mass is 79.9. The molecule has 1 N–H and O–H groups in total. The Hall–Kier alpha value is -0.870. The molecule has 0 amide bonds. The lowest BCUT2D eigenvalue weighted by molar-refractivity contribution is 0.118. The summed E-state index contributed by atoms with van der Waals surface area (Å²) in [6, 6.07) is 16.3. The molecule has 0 fully saturated rings. The first-order valence-electron chi connectivity index (χ1n) is 7.02. The zero-order valence-electron chi connectivity index (χ0n) is 11.8. The van der Waals surface area contributed by atoms with E-state index in [2.05, 4.69) is 45.5 Å². The first-order valence-corrected chi connectivity index (χ1v) is 8.19. The van der Waals surface area contributed by atoms with E-state index in [4.69, 9.17) is 16.3 Å². The van der Waals surface area contributed by atoms with E-state index in [0.29, 0.717) is 6.61 Å². The third-order valence-electron chi connectivity index (χ3n) is 3.09. The van der Waals surface area contributed by atoms with Crippen molar-refractivity contribution in [2.75, 3.05) is 13.2 Å². The van der Waals surface area contributed by atoms with E-state index < -0.39 is 0 Å². The van der Waals surface area contributed by atoms with Gasteiger partial charge in [-0.3, -0.25) is 0 Å². The summed E-state index contributed by atoms with van der Waals surface area (Å²) in [6.07, 6.45) is 0.987. The number of nitrogens with one attached hydrogen (secondary N) is 1. The van der Waals surface area contributed by atoms with Crippen LogP contribution < -0.4 is 5.32 Å². The topological polar surface area (TPSA) is 21.3 Å². The second kappa shape index (κ2) is 9.21. The van der Waals surface area contributed by atoms with Crippen molar-refractivity contribution in [2.24, 2.45) is 0 Å². The Labute approximate surface area is 139 Å². The monoisotopic (exact) mass is 367 g/mol. The smallest absolute Gasteiger partial charge is 0.0731 e. The van der Waals surface area contributed by atoms with Crippen molar-refractivity contribution in [1.82, 2.24) is 5.32 Å². The van der Waals surface area contributed by atoms with Crippen molar-refractivity contribution in [3.63, 3.8) is 0 Å². The lowest BCUT2D eigenvalue weighted by Crippen LogP contribution is -2.16. The molecule has 0 aromatic heterocycles. The summed E-state index contributed by atoms with van der Waals surface area (Å²) in [5.41, 5.74) is 2.33. The van der Waals surface area contributed by atoms with E-state index in [1.807, 2.05) is 24.3 Å². The average molecular weight is 369 g/mol. The van der Waals surface area contributed by atoms with Crippen LogP contribution >= 0.6 is 27.5 Å². The molecular weight excluding hydrogens is 350 g/mol. The Morgan fingerprint density at radius 1 is 1.10 bits per heavy atom. The molecule has 0 aliphatic heterocycles. The van der Waals surface area contributed by atoms with E-state index in [9.17, 15) is 0 Å². The second-order valence-electron chi connectivity index (χ2n) is 4.80. The van der Waals surface area contributed by atoms with Crippen LogP contribution in [-0.2, 0) is 17.9 Å². The van der Waals surface area contributed by atoms with E-state index in [-0.39, 0.29) is 0 Å². The normalized spacial score (nSPS) is 10.8. The molecule has 0 bridgehead atoms. The summed E-state index contributed by atoms with van der Waals surface area (Å²) in [5.74, 6) is 0. The molecule has 0 aliphatic carbocycles. The molecule has 0 unspecified atom stereocenters. The fraction of sp³-hybridized carbons (Fsp3) is 0.294. The number of ether oxygens (including phenoxy) is 1. The van der Waals surface area contributed by atoms with E-state index in [0.717, 1.165) is 41.2 Å². The lowest BCUT2D eigenvalue weighted by atomic mass is 10.2. The summed E-state index contributed by atoms with van der Waals surface area (Å²) in [4.78, 5) is 0. The predicted molar refractivity (Wildman–Crippen MR) is 91.6 cm³/mol. The van der Waals surface area contributed by atoms with Crippen molar-refractivity contribution in [3.05, 3.63) is 69.2 Å². The standard InChI is InChI=1S/C17H19BrClNO/c18-16-8-7-15(17(19)11-16)13-21-10-4-9-20-12-14-5-2-1-3-6-14/h1-3,5-8,11,20H,4,9-10,12-13H2. The Bertz CT molecular complexity index is 548. The van der Waals surface area contributed by atoms with Gasteiger partial charge in [0.2, 0.25) is 0 Å². The number of hydrogen-bond acceptors (Lipinski definition) is 2. The molecule has 0 atom stereocenters. The quantitative estimate of drug-likeness (QED) is 0.676. The molecule has 2 aromatic rings. The van der Waals surface area contributed by atoms with E-state index in [1.165, 1.54) is 5.56 Å². The van der Waals surface area contributed by atoms with Gasteiger partial charge in [-0.2, -0.15) is 0 Å². The fourth-order valence-electron chi connectivity index (χ4n) is 1.95. The zero-order chi connectivity index (χ0) is 14.9. The van der Waals surface area contributed by atoms with Crippen LogP contribution in [0.5, 0.6) is 0 Å². The Morgan fingerprint density at radius 3 is 2.67 bits per heavy atom. The first kappa shape index (κ1) is 16.5. The van der Waals surface area contributed by atoms with Gasteiger partial charge in [0, 0.05) is 22.6 Å². The maximum Gasteiger partial charge on any atom is 0.0731 e. The van der Waals surface area contributed by atoms with Gasteiger partial charge in [0.1, 0.15) is 0 Å². The van der Waals surface area contributed by atoms with E-state index in [1.54, 1.807) is 0 Å². The van der Waals surface area contributed by atoms with Gasteiger partial charge in [-0.05, 0) is 36.2 Å². The SMILES string of the molecule is Clc1cc(Br)ccc1COCCCNCc1ccccc1. The van der Waals surface area contributed by atoms with E-state index >= 15 is 0 Å². The highest BCUT2D eigenvalue weighted by Gasteiger charge is 2.01. The van der Waals surface area contributed by atoms with Crippen LogP contribution in [0.15, 0.2) is 53.0 Å². The molecule has 112 valence electrons. The van der Waals surface area contributed by atoms with Crippen molar-refractivity contribution < 1.29 is 4.74 Å². The van der Waals surface area contributed by atoms with Gasteiger partial charge in [-0.25, -0.2) is 0 Å². The van der Waals surface area contributed by atoms with Crippen molar-refractivity contribution in [1.29, 1.82) is 0 Å². The molecule has 21 heavy (non-hydrogen) atoms. The van der Waals surface area contributed by atoms with Crippen LogP contribution in [0.3, 0.4) is 0 Å². The van der Waals surface area contributed by atoms with Gasteiger partial charge in [0.15, 0.2) is 0 Å². The Kier molecular flexibility index (Phi) is 7.24. The fourth-order valence-corrected chi connectivity index (χ4v) is 2.68. The minimum Gasteiger partial charge on any atom is -0.377 e. The molecular formula is C17H19BrClNO. The molecule has 0 heterocycles. The van der Waals surface area contributed by atoms with Gasteiger partial charge in [0.25, 0.3) is 0 Å². The second-order valence-corrected chi connectivity index (χ2v) is 6.13. The third kappa shape index (κ3) is 6.18. The molecule has 0 saturated carbocycles. The van der Waals surface area contributed by atoms with Crippen LogP contribution in [0.25, 0.3) is 0 Å². The van der Waals surface area contributed by atoms with Crippen molar-refractivity contribution in [2.45, 2.75) is 19.6 Å². The molecule has 0 saturated heterocycles. The van der Waals surface area contributed by atoms with Gasteiger partial charge < -0.3 is 10.1 Å². The van der Waals surface area contributed by atoms with Crippen molar-refractivity contribution >= 4 is 27.5 Å². The minimum atomic E-state index is 0.560. The highest BCUT2D eigenvalue weighted by Crippen LogP contribution is 2.21. The van der Waals surface area contributed by atoms with Crippen LogP contribution in [0, 0.1) is 0 Å². The van der Waals surface area contributed by atoms with Crippen molar-refractivity contribution in [3.8, 4) is 0 Å². The average Bonchev–Trinajstić information content (AvgIpc) is 2.49. The molecule has 2 nitrogen and oxygen atoms in total. The summed E-state index contributed by atoms with van der Waals surface area (Å²) in [7, 11) is 0. The Morgan fingerprint density at radius 2 is 1.90 bits per heavy atom. The largest absolute Gasteiger partial charge is 0.377 e. The van der Waals surface area contributed by atoms with Gasteiger partial charge in [-0.1, -0.05) is 63.9 Å². The minimum absolute atomic E-state index is 0.560. The summed E-state index contributed by atoms with van der Waals surface area (Å²) in [5, 5.41) is 4.15. The molecule has 0 aliphatic rings. The summed E-state index contributed by atoms with van der Waals surface area (Å²) < 4.78 is 6.64. The number of hydrogen-bond donors (Lipinski definition) is 1. The predicted octanol–water partition coefficient (Wildman–Crippen LogP) is 4.80. The molecule has 2 aromatic carbocycles. The first-order chi connectivity index (χ1) is 10.3. The number of rotatable bonds is 8. The van der Waals surface area contributed by atoms with Crippen LogP contribution in [0.4, 0.5) is 0 Å². The van der Waals surface area contributed by atoms with Gasteiger partial charge in [0.05, 0.1) is 6.61 Å². The van der Waals surface area contributed by atoms with Crippen LogP contribution in [0.2, 0.25) is 5.02 Å². The maximum atomic E-state index is 6.14. The van der Waals surface area contributed by atoms with Crippen LogP contribution in [0.1, 0.15) is 17.5 Å². The molecule has 4 heteroatoms. The summed E-state index contributed by atoms with van der Waals surface area (Å²) in [6.45, 7) is 3.14. The highest BCUT2D eigenvalue weighted by molar-refractivity contribution is 9.10. The molecule has 0 spiro atoms. The molecule has 2 rings (SSSR count). The third-order valence-corrected chi connectivity index (χ3v) is 3.93. The van der Waals surface area contributed by atoms with Gasteiger partial charge in [-0.15, -0.1) is 0 Å². The number of halogens is 2. The van der Waals surface area contributed by atoms with Crippen LogP contribution in [-0.4, -0.2) is 13.2 Å². The lowest BCUT2D eigenvalue weighted by Gasteiger charge is -2.08. The molecule has 0 radical (unpaired) electrons. The number of benzene rings is 2. The van der Waals surface area contributed by atoms with Gasteiger partial charge >= 0.3 is 0 Å². The zero-order valence-corrected chi connectivity index (χ0v) is 14.2. The Balaban J connectivity index is 1.56. The summed E-state index contributed by atoms with van der Waals surface area (Å²) >= 11 is 9.53. The maximum absolute atomic E-state index is 6.14.